The normalized spacial score (nSPS) is 25.3. The van der Waals surface area contributed by atoms with E-state index < -0.39 is 0 Å². The minimum absolute atomic E-state index is 0. The van der Waals surface area contributed by atoms with Gasteiger partial charge in [-0.05, 0) is 63.7 Å². The van der Waals surface area contributed by atoms with Crippen molar-refractivity contribution in [3.63, 3.8) is 0 Å². The van der Waals surface area contributed by atoms with Gasteiger partial charge in [-0.3, -0.25) is 4.90 Å². The van der Waals surface area contributed by atoms with Crippen molar-refractivity contribution in [2.24, 2.45) is 0 Å². The zero-order valence-electron chi connectivity index (χ0n) is 10.4. The molecule has 0 amide bonds. The predicted octanol–water partition coefficient (Wildman–Crippen LogP) is 1.74. The first-order valence-electron chi connectivity index (χ1n) is 6.12. The van der Waals surface area contributed by atoms with Gasteiger partial charge in [0.1, 0.15) is 0 Å². The van der Waals surface area contributed by atoms with Gasteiger partial charge in [0.2, 0.25) is 0 Å². The molecule has 0 spiro atoms. The fourth-order valence-electron chi connectivity index (χ4n) is 1.86. The molecule has 10 radical (unpaired) electrons. The van der Waals surface area contributed by atoms with Gasteiger partial charge in [-0.1, -0.05) is 0 Å². The summed E-state index contributed by atoms with van der Waals surface area (Å²) in [6.07, 6.45) is 18.5. The van der Waals surface area contributed by atoms with Gasteiger partial charge in [-0.2, -0.15) is 0 Å². The van der Waals surface area contributed by atoms with Crippen LogP contribution in [0, 0.1) is 63.7 Å². The topological polar surface area (TPSA) is 12.5 Å². The van der Waals surface area contributed by atoms with Crippen molar-refractivity contribution in [1.29, 1.82) is 0 Å². The molecule has 1 saturated heterocycles. The second-order valence-electron chi connectivity index (χ2n) is 4.14. The molecule has 3 heteroatoms. The van der Waals surface area contributed by atoms with Gasteiger partial charge in [0.25, 0.3) is 0 Å². The molecule has 1 aliphatic heterocycles. The molecule has 3 fully saturated rings. The monoisotopic (exact) mass is 285 g/mol. The van der Waals surface area contributed by atoms with Crippen LogP contribution >= 0.6 is 0 Å². The number of nitrogens with zero attached hydrogens (tertiary/aromatic N) is 1. The van der Waals surface area contributed by atoms with Crippen LogP contribution in [0.25, 0.3) is 0 Å². The number of morpholine rings is 1. The Kier molecular flexibility index (Phi) is 9.40. The van der Waals surface area contributed by atoms with E-state index in [2.05, 4.69) is 30.6 Å². The van der Waals surface area contributed by atoms with E-state index >= 15 is 0 Å². The molecule has 96 valence electrons. The number of rotatable bonds is 2. The van der Waals surface area contributed by atoms with E-state index in [4.69, 9.17) is 4.74 Å². The van der Waals surface area contributed by atoms with Crippen molar-refractivity contribution < 1.29 is 21.8 Å². The van der Waals surface area contributed by atoms with Crippen LogP contribution < -0.4 is 0 Å². The number of hydrogen-bond acceptors (Lipinski definition) is 2. The third-order valence-electron chi connectivity index (χ3n) is 2.80. The van der Waals surface area contributed by atoms with E-state index in [0.717, 1.165) is 32.8 Å². The van der Waals surface area contributed by atoms with E-state index in [9.17, 15) is 0 Å². The molecular formula is C15H19FeNO+2. The fourth-order valence-corrected chi connectivity index (χ4v) is 1.86. The van der Waals surface area contributed by atoms with Crippen LogP contribution in [0.5, 0.6) is 0 Å². The Labute approximate surface area is 123 Å². The molecular weight excluding hydrogens is 266 g/mol. The summed E-state index contributed by atoms with van der Waals surface area (Å²) in [5.41, 5.74) is 0. The maximum absolute atomic E-state index is 5.28. The van der Waals surface area contributed by atoms with Gasteiger partial charge < -0.3 is 4.74 Å². The van der Waals surface area contributed by atoms with Gasteiger partial charge in [0, 0.05) is 19.6 Å². The predicted molar refractivity (Wildman–Crippen MR) is 69.2 cm³/mol. The van der Waals surface area contributed by atoms with Crippen molar-refractivity contribution in [3.05, 3.63) is 63.7 Å². The number of ether oxygens (including phenoxy) is 1. The molecule has 2 aliphatic carbocycles. The first-order valence-corrected chi connectivity index (χ1v) is 6.12. The minimum atomic E-state index is 0. The first-order chi connectivity index (χ1) is 8.45. The Balaban J connectivity index is 0.000000230. The van der Waals surface area contributed by atoms with Crippen molar-refractivity contribution in [3.8, 4) is 0 Å². The molecule has 0 unspecified atom stereocenters. The van der Waals surface area contributed by atoms with Crippen LogP contribution in [0.15, 0.2) is 0 Å². The zero-order chi connectivity index (χ0) is 11.8. The molecule has 3 aliphatic rings. The molecule has 3 rings (SSSR count). The molecule has 2 saturated carbocycles. The van der Waals surface area contributed by atoms with Crippen molar-refractivity contribution in [2.45, 2.75) is 0 Å². The average Bonchev–Trinajstić information content (AvgIpc) is 3.06. The second kappa shape index (κ2) is 10.3. The standard InChI is InChI=1S/C10H14NO.C5H5.Fe/c1-2-4-10(3-1)9-11-5-7-12-8-6-11;1-2-4-5-3-1;/h1-4H,5-9H2;1-5H;/q;;+2. The zero-order valence-corrected chi connectivity index (χ0v) is 11.5. The SMILES string of the molecule is [CH]1[CH][CH][CH][CH]1.[CH]1[CH][CH][C](CN2CCOCC2)[CH]1.[Fe+2]. The van der Waals surface area contributed by atoms with Crippen LogP contribution in [0.2, 0.25) is 0 Å². The largest absolute Gasteiger partial charge is 2.00 e. The summed E-state index contributed by atoms with van der Waals surface area (Å²) >= 11 is 0. The molecule has 0 N–H and O–H groups in total. The molecule has 0 atom stereocenters. The Morgan fingerprint density at radius 2 is 1.33 bits per heavy atom. The van der Waals surface area contributed by atoms with Crippen molar-refractivity contribution in [2.75, 3.05) is 32.8 Å². The summed E-state index contributed by atoms with van der Waals surface area (Å²) in [4.78, 5) is 2.43. The Hall–Kier alpha value is 0.439. The maximum Gasteiger partial charge on any atom is 2.00 e. The third-order valence-corrected chi connectivity index (χ3v) is 2.80. The average molecular weight is 285 g/mol. The molecule has 0 bridgehead atoms. The van der Waals surface area contributed by atoms with Crippen LogP contribution in [0.1, 0.15) is 0 Å². The summed E-state index contributed by atoms with van der Waals surface area (Å²) in [6, 6.07) is 0. The van der Waals surface area contributed by atoms with Crippen LogP contribution in [-0.4, -0.2) is 37.7 Å². The molecule has 18 heavy (non-hydrogen) atoms. The van der Waals surface area contributed by atoms with Crippen LogP contribution in [0.4, 0.5) is 0 Å². The summed E-state index contributed by atoms with van der Waals surface area (Å²) in [5.74, 6) is 1.41. The molecule has 1 heterocycles. The van der Waals surface area contributed by atoms with E-state index in [1.165, 1.54) is 5.92 Å². The smallest absolute Gasteiger partial charge is 0.379 e. The maximum atomic E-state index is 5.28. The van der Waals surface area contributed by atoms with Crippen molar-refractivity contribution in [1.82, 2.24) is 4.90 Å². The van der Waals surface area contributed by atoms with E-state index in [0.29, 0.717) is 0 Å². The molecule has 0 aromatic rings. The fraction of sp³-hybridized carbons (Fsp3) is 0.333. The van der Waals surface area contributed by atoms with Crippen molar-refractivity contribution >= 4 is 0 Å². The van der Waals surface area contributed by atoms with E-state index in [1.54, 1.807) is 0 Å². The van der Waals surface area contributed by atoms with Gasteiger partial charge in [-0.15, -0.1) is 0 Å². The quantitative estimate of drug-likeness (QED) is 0.717. The van der Waals surface area contributed by atoms with Gasteiger partial charge in [0.05, 0.1) is 13.2 Å². The van der Waals surface area contributed by atoms with Crippen LogP contribution in [-0.2, 0) is 21.8 Å². The minimum Gasteiger partial charge on any atom is -0.379 e. The Morgan fingerprint density at radius 3 is 1.83 bits per heavy atom. The van der Waals surface area contributed by atoms with Gasteiger partial charge in [-0.25, -0.2) is 0 Å². The molecule has 2 nitrogen and oxygen atoms in total. The molecule has 0 aromatic carbocycles. The summed E-state index contributed by atoms with van der Waals surface area (Å²) < 4.78 is 5.28. The summed E-state index contributed by atoms with van der Waals surface area (Å²) in [5, 5.41) is 0. The first kappa shape index (κ1) is 16.5. The number of hydrogen-bond donors (Lipinski definition) is 0. The van der Waals surface area contributed by atoms with E-state index in [1.807, 2.05) is 32.1 Å². The second-order valence-corrected chi connectivity index (χ2v) is 4.14. The summed E-state index contributed by atoms with van der Waals surface area (Å²) in [6.45, 7) is 5.01. The van der Waals surface area contributed by atoms with Gasteiger partial charge >= 0.3 is 17.1 Å². The van der Waals surface area contributed by atoms with Gasteiger partial charge in [0.15, 0.2) is 0 Å². The molecule has 0 aromatic heterocycles. The van der Waals surface area contributed by atoms with Crippen LogP contribution in [0.3, 0.4) is 0 Å². The Morgan fingerprint density at radius 1 is 0.833 bits per heavy atom. The summed E-state index contributed by atoms with van der Waals surface area (Å²) in [7, 11) is 0. The third kappa shape index (κ3) is 6.56. The van der Waals surface area contributed by atoms with E-state index in [-0.39, 0.29) is 17.1 Å². The Bertz CT molecular complexity index is 177.